The van der Waals surface area contributed by atoms with Gasteiger partial charge in [-0.2, -0.15) is 13.2 Å². The van der Waals surface area contributed by atoms with Crippen LogP contribution in [-0.4, -0.2) is 31.8 Å². The van der Waals surface area contributed by atoms with E-state index in [1.54, 1.807) is 4.89 Å². The Kier molecular flexibility index (Phi) is 5.31. The van der Waals surface area contributed by atoms with Crippen molar-refractivity contribution in [2.75, 3.05) is 0 Å². The van der Waals surface area contributed by atoms with Crippen molar-refractivity contribution in [1.82, 2.24) is 4.89 Å². The van der Waals surface area contributed by atoms with Gasteiger partial charge in [0.1, 0.15) is 0 Å². The summed E-state index contributed by atoms with van der Waals surface area (Å²) in [6, 6.07) is 3.97. The highest BCUT2D eigenvalue weighted by Gasteiger charge is 2.27. The van der Waals surface area contributed by atoms with Gasteiger partial charge in [0.25, 0.3) is 10.0 Å². The Hall–Kier alpha value is -1.65. The molecule has 0 aliphatic rings. The number of halogens is 3. The van der Waals surface area contributed by atoms with Crippen LogP contribution in [-0.2, 0) is 26.1 Å². The van der Waals surface area contributed by atoms with Gasteiger partial charge in [-0.3, -0.25) is 4.84 Å². The van der Waals surface area contributed by atoms with Gasteiger partial charge in [-0.05, 0) is 24.6 Å². The van der Waals surface area contributed by atoms with Gasteiger partial charge in [0, 0.05) is 0 Å². The van der Waals surface area contributed by atoms with Gasteiger partial charge in [0.2, 0.25) is 0 Å². The lowest BCUT2D eigenvalue weighted by Gasteiger charge is -2.11. The van der Waals surface area contributed by atoms with Crippen LogP contribution in [0, 0.1) is 0 Å². The van der Waals surface area contributed by atoms with E-state index in [1.807, 2.05) is 0 Å². The molecule has 10 heteroatoms. The molecule has 0 spiro atoms. The Labute approximate surface area is 118 Å². The zero-order chi connectivity index (χ0) is 16.3. The number of carbonyl (C=O) groups is 1. The van der Waals surface area contributed by atoms with E-state index in [0.29, 0.717) is 0 Å². The Morgan fingerprint density at radius 2 is 1.86 bits per heavy atom. The molecule has 0 heterocycles. The van der Waals surface area contributed by atoms with E-state index in [0.717, 1.165) is 31.2 Å². The first-order valence-electron chi connectivity index (χ1n) is 5.57. The van der Waals surface area contributed by atoms with E-state index in [4.69, 9.17) is 5.11 Å². The van der Waals surface area contributed by atoms with E-state index in [1.165, 1.54) is 0 Å². The maximum atomic E-state index is 12.2. The van der Waals surface area contributed by atoms with Gasteiger partial charge in [-0.1, -0.05) is 17.0 Å². The van der Waals surface area contributed by atoms with Gasteiger partial charge in [0.05, 0.1) is 11.3 Å². The monoisotopic (exact) mass is 327 g/mol. The van der Waals surface area contributed by atoms with Crippen LogP contribution < -0.4 is 4.89 Å². The van der Waals surface area contributed by atoms with Crippen molar-refractivity contribution >= 4 is 16.0 Å². The highest BCUT2D eigenvalue weighted by Crippen LogP contribution is 2.22. The van der Waals surface area contributed by atoms with Crippen LogP contribution in [0.5, 0.6) is 0 Å². The Morgan fingerprint density at radius 1 is 1.33 bits per heavy atom. The van der Waals surface area contributed by atoms with Gasteiger partial charge in [-0.25, -0.2) is 13.2 Å². The molecule has 0 unspecified atom stereocenters. The Morgan fingerprint density at radius 3 is 2.29 bits per heavy atom. The van der Waals surface area contributed by atoms with Crippen LogP contribution in [0.15, 0.2) is 29.2 Å². The Balaban J connectivity index is 2.78. The molecule has 0 fully saturated rings. The van der Waals surface area contributed by atoms with Crippen molar-refractivity contribution in [2.45, 2.75) is 30.5 Å². The molecule has 0 aliphatic carbocycles. The van der Waals surface area contributed by atoms with Crippen LogP contribution >= 0.6 is 0 Å². The highest BCUT2D eigenvalue weighted by molar-refractivity contribution is 7.89. The minimum absolute atomic E-state index is 0.0960. The summed E-state index contributed by atoms with van der Waals surface area (Å²) in [6.45, 7) is 1.11. The number of alkyl halides is 3. The lowest BCUT2D eigenvalue weighted by Crippen LogP contribution is -2.32. The number of rotatable bonds is 6. The summed E-state index contributed by atoms with van der Waals surface area (Å²) in [5.41, 5.74) is -0.0960. The molecule has 21 heavy (non-hydrogen) atoms. The second-order valence-electron chi connectivity index (χ2n) is 4.12. The second kappa shape index (κ2) is 6.41. The third kappa shape index (κ3) is 5.69. The number of aliphatic carboxylic acids is 1. The summed E-state index contributed by atoms with van der Waals surface area (Å²) >= 11 is 0. The summed E-state index contributed by atoms with van der Waals surface area (Å²) in [6.07, 6.45) is -6.98. The normalized spacial score (nSPS) is 13.9. The van der Waals surface area contributed by atoms with Gasteiger partial charge in [-0.15, -0.1) is 0 Å². The number of benzene rings is 1. The summed E-state index contributed by atoms with van der Waals surface area (Å²) in [5.74, 6) is -1.38. The molecule has 1 atom stereocenters. The number of carboxylic acids is 1. The highest BCUT2D eigenvalue weighted by atomic mass is 32.2. The molecule has 0 saturated heterocycles. The first kappa shape index (κ1) is 17.4. The fraction of sp³-hybridized carbons (Fsp3) is 0.364. The standard InChI is InChI=1S/C11H12F3NO5S/c1-7(10(16)17)20-15-21(18,19)9-4-2-8(3-5-9)6-11(12,13)14/h2-5,7,15H,6H2,1H3,(H,16,17)/t7-/m0/s1. The van der Waals surface area contributed by atoms with Crippen LogP contribution in [0.25, 0.3) is 0 Å². The number of carboxylic acid groups (broad SMARTS) is 1. The first-order chi connectivity index (χ1) is 9.51. The zero-order valence-electron chi connectivity index (χ0n) is 10.7. The number of nitrogens with one attached hydrogen (secondary N) is 1. The van der Waals surface area contributed by atoms with E-state index in [9.17, 15) is 26.4 Å². The molecule has 0 aliphatic heterocycles. The maximum Gasteiger partial charge on any atom is 0.393 e. The number of hydrogen-bond acceptors (Lipinski definition) is 4. The smallest absolute Gasteiger partial charge is 0.393 e. The molecular formula is C11H12F3NO5S. The molecule has 0 amide bonds. The molecule has 0 saturated carbocycles. The van der Waals surface area contributed by atoms with Gasteiger partial charge < -0.3 is 5.11 Å². The van der Waals surface area contributed by atoms with Crippen LogP contribution in [0.2, 0.25) is 0 Å². The fourth-order valence-corrected chi connectivity index (χ4v) is 2.11. The SMILES string of the molecule is C[C@H](ONS(=O)(=O)c1ccc(CC(F)(F)F)cc1)C(=O)O. The predicted molar refractivity (Wildman–Crippen MR) is 64.7 cm³/mol. The summed E-state index contributed by atoms with van der Waals surface area (Å²) in [7, 11) is -4.17. The minimum atomic E-state index is -4.39. The molecule has 118 valence electrons. The quantitative estimate of drug-likeness (QED) is 0.772. The maximum absolute atomic E-state index is 12.2. The fourth-order valence-electron chi connectivity index (χ4n) is 1.25. The van der Waals surface area contributed by atoms with Crippen molar-refractivity contribution in [2.24, 2.45) is 0 Å². The topological polar surface area (TPSA) is 92.7 Å². The Bertz CT molecular complexity index is 597. The largest absolute Gasteiger partial charge is 0.479 e. The van der Waals surface area contributed by atoms with Crippen LogP contribution in [0.1, 0.15) is 12.5 Å². The van der Waals surface area contributed by atoms with E-state index in [-0.39, 0.29) is 10.5 Å². The second-order valence-corrected chi connectivity index (χ2v) is 5.77. The first-order valence-corrected chi connectivity index (χ1v) is 7.05. The molecule has 1 aromatic carbocycles. The molecule has 6 nitrogen and oxygen atoms in total. The predicted octanol–water partition coefficient (Wildman–Crippen LogP) is 1.47. The lowest BCUT2D eigenvalue weighted by atomic mass is 10.1. The van der Waals surface area contributed by atoms with Crippen LogP contribution in [0.4, 0.5) is 13.2 Å². The van der Waals surface area contributed by atoms with E-state index < -0.39 is 34.7 Å². The minimum Gasteiger partial charge on any atom is -0.479 e. The third-order valence-corrected chi connectivity index (χ3v) is 3.53. The van der Waals surface area contributed by atoms with Crippen LogP contribution in [0.3, 0.4) is 0 Å². The molecule has 1 aromatic rings. The van der Waals surface area contributed by atoms with Crippen molar-refractivity contribution in [3.05, 3.63) is 29.8 Å². The van der Waals surface area contributed by atoms with E-state index in [2.05, 4.69) is 4.84 Å². The van der Waals surface area contributed by atoms with Gasteiger partial charge >= 0.3 is 12.1 Å². The summed E-state index contributed by atoms with van der Waals surface area (Å²) in [4.78, 5) is 16.1. The molecular weight excluding hydrogens is 315 g/mol. The van der Waals surface area contributed by atoms with Crippen molar-refractivity contribution in [3.8, 4) is 0 Å². The molecule has 0 bridgehead atoms. The molecule has 1 rings (SSSR count). The average Bonchev–Trinajstić information content (AvgIpc) is 2.34. The lowest BCUT2D eigenvalue weighted by molar-refractivity contribution is -0.151. The molecule has 0 radical (unpaired) electrons. The zero-order valence-corrected chi connectivity index (χ0v) is 11.5. The average molecular weight is 327 g/mol. The number of hydrogen-bond donors (Lipinski definition) is 2. The van der Waals surface area contributed by atoms with E-state index >= 15 is 0 Å². The van der Waals surface area contributed by atoms with Gasteiger partial charge in [0.15, 0.2) is 6.10 Å². The van der Waals surface area contributed by atoms with Crippen molar-refractivity contribution in [3.63, 3.8) is 0 Å². The van der Waals surface area contributed by atoms with Crippen molar-refractivity contribution < 1.29 is 36.3 Å². The number of sulfonamides is 1. The van der Waals surface area contributed by atoms with Crippen molar-refractivity contribution in [1.29, 1.82) is 0 Å². The summed E-state index contributed by atoms with van der Waals surface area (Å²) < 4.78 is 59.9. The molecule has 2 N–H and O–H groups in total. The third-order valence-electron chi connectivity index (χ3n) is 2.32. The molecule has 0 aromatic heterocycles. The summed E-state index contributed by atoms with van der Waals surface area (Å²) in [5, 5.41) is 8.53.